The second-order valence-electron chi connectivity index (χ2n) is 3.80. The summed E-state index contributed by atoms with van der Waals surface area (Å²) in [5.41, 5.74) is 0. The number of aliphatic hydroxyl groups is 1. The Morgan fingerprint density at radius 3 is 2.08 bits per heavy atom. The van der Waals surface area contributed by atoms with Gasteiger partial charge < -0.3 is 9.84 Å². The highest BCUT2D eigenvalue weighted by Gasteiger charge is 2.14. The van der Waals surface area contributed by atoms with Crippen molar-refractivity contribution < 1.29 is 9.84 Å². The van der Waals surface area contributed by atoms with Gasteiger partial charge in [-0.05, 0) is 26.2 Å². The summed E-state index contributed by atoms with van der Waals surface area (Å²) in [6, 6.07) is 0.453. The fourth-order valence-electron chi connectivity index (χ4n) is 1.42. The van der Waals surface area contributed by atoms with Gasteiger partial charge in [-0.3, -0.25) is 5.32 Å². The second kappa shape index (κ2) is 6.35. The van der Waals surface area contributed by atoms with Gasteiger partial charge in [-0.1, -0.05) is 20.8 Å². The van der Waals surface area contributed by atoms with Crippen LogP contribution in [0.5, 0.6) is 0 Å². The lowest BCUT2D eigenvalue weighted by atomic mass is 10.0. The summed E-state index contributed by atoms with van der Waals surface area (Å²) < 4.78 is 5.18. The smallest absolute Gasteiger partial charge is 0.153 e. The molecule has 0 aromatic heterocycles. The van der Waals surface area contributed by atoms with E-state index in [9.17, 15) is 0 Å². The third kappa shape index (κ3) is 6.02. The van der Waals surface area contributed by atoms with Gasteiger partial charge in [0.05, 0.1) is 0 Å². The molecule has 0 heterocycles. The summed E-state index contributed by atoms with van der Waals surface area (Å²) in [5.74, 6) is 0.588. The third-order valence-electron chi connectivity index (χ3n) is 2.09. The van der Waals surface area contributed by atoms with Crippen LogP contribution in [-0.2, 0) is 4.74 Å². The molecule has 3 atom stereocenters. The predicted octanol–water partition coefficient (Wildman–Crippen LogP) is 1.71. The first-order chi connectivity index (χ1) is 5.97. The number of hydrogen-bond donors (Lipinski definition) is 2. The van der Waals surface area contributed by atoms with E-state index in [0.29, 0.717) is 12.0 Å². The molecule has 0 spiro atoms. The zero-order valence-corrected chi connectivity index (χ0v) is 9.37. The fourth-order valence-corrected chi connectivity index (χ4v) is 1.42. The molecule has 3 heteroatoms. The minimum absolute atomic E-state index is 0.0904. The SMILES string of the molecule is CCC(NC(C)OC(C)O)C(C)C. The number of rotatable bonds is 6. The van der Waals surface area contributed by atoms with Gasteiger partial charge in [-0.15, -0.1) is 0 Å². The molecule has 0 rings (SSSR count). The molecule has 0 aliphatic heterocycles. The summed E-state index contributed by atoms with van der Waals surface area (Å²) in [5, 5.41) is 12.3. The van der Waals surface area contributed by atoms with Crippen molar-refractivity contribution in [3.05, 3.63) is 0 Å². The van der Waals surface area contributed by atoms with Gasteiger partial charge >= 0.3 is 0 Å². The number of hydrogen-bond acceptors (Lipinski definition) is 3. The minimum Gasteiger partial charge on any atom is -0.368 e. The van der Waals surface area contributed by atoms with Crippen LogP contribution in [0.25, 0.3) is 0 Å². The van der Waals surface area contributed by atoms with Crippen LogP contribution in [-0.4, -0.2) is 23.7 Å². The molecule has 3 unspecified atom stereocenters. The van der Waals surface area contributed by atoms with Gasteiger partial charge in [0.2, 0.25) is 0 Å². The van der Waals surface area contributed by atoms with E-state index >= 15 is 0 Å². The van der Waals surface area contributed by atoms with E-state index in [0.717, 1.165) is 6.42 Å². The van der Waals surface area contributed by atoms with Gasteiger partial charge in [0.25, 0.3) is 0 Å². The molecule has 0 radical (unpaired) electrons. The van der Waals surface area contributed by atoms with E-state index < -0.39 is 6.29 Å². The highest BCUT2D eigenvalue weighted by molar-refractivity contribution is 4.69. The van der Waals surface area contributed by atoms with E-state index in [1.54, 1.807) is 6.92 Å². The Bertz CT molecular complexity index is 126. The lowest BCUT2D eigenvalue weighted by Crippen LogP contribution is -2.42. The highest BCUT2D eigenvalue weighted by Crippen LogP contribution is 2.07. The maximum atomic E-state index is 8.98. The summed E-state index contributed by atoms with van der Waals surface area (Å²) in [4.78, 5) is 0. The normalized spacial score (nSPS) is 18.7. The first kappa shape index (κ1) is 12.9. The Kier molecular flexibility index (Phi) is 6.29. The molecular formula is C10H23NO2. The van der Waals surface area contributed by atoms with E-state index in [-0.39, 0.29) is 6.23 Å². The maximum absolute atomic E-state index is 8.98. The van der Waals surface area contributed by atoms with Crippen LogP contribution in [0, 0.1) is 5.92 Å². The first-order valence-corrected chi connectivity index (χ1v) is 5.07. The lowest BCUT2D eigenvalue weighted by Gasteiger charge is -2.26. The average Bonchev–Trinajstić information content (AvgIpc) is 1.98. The Morgan fingerprint density at radius 2 is 1.77 bits per heavy atom. The van der Waals surface area contributed by atoms with Gasteiger partial charge in [0.15, 0.2) is 6.29 Å². The average molecular weight is 189 g/mol. The van der Waals surface area contributed by atoms with Gasteiger partial charge in [0.1, 0.15) is 6.23 Å². The predicted molar refractivity (Wildman–Crippen MR) is 54.3 cm³/mol. The van der Waals surface area contributed by atoms with Crippen LogP contribution in [0.15, 0.2) is 0 Å². The number of nitrogens with one attached hydrogen (secondary N) is 1. The summed E-state index contributed by atoms with van der Waals surface area (Å²) in [7, 11) is 0. The van der Waals surface area contributed by atoms with Crippen molar-refractivity contribution in [2.24, 2.45) is 5.92 Å². The fraction of sp³-hybridized carbons (Fsp3) is 1.00. The second-order valence-corrected chi connectivity index (χ2v) is 3.80. The van der Waals surface area contributed by atoms with Gasteiger partial charge in [-0.25, -0.2) is 0 Å². The van der Waals surface area contributed by atoms with Crippen molar-refractivity contribution in [3.8, 4) is 0 Å². The monoisotopic (exact) mass is 189 g/mol. The quantitative estimate of drug-likeness (QED) is 0.625. The molecule has 0 saturated carbocycles. The van der Waals surface area contributed by atoms with Gasteiger partial charge in [-0.2, -0.15) is 0 Å². The van der Waals surface area contributed by atoms with Crippen molar-refractivity contribution in [1.82, 2.24) is 5.32 Å². The Hall–Kier alpha value is -0.120. The Morgan fingerprint density at radius 1 is 1.23 bits per heavy atom. The minimum atomic E-state index is -0.702. The molecule has 0 amide bonds. The molecule has 0 aliphatic rings. The van der Waals surface area contributed by atoms with E-state index in [1.165, 1.54) is 0 Å². The standard InChI is InChI=1S/C10H23NO2/c1-6-10(7(2)3)11-8(4)13-9(5)12/h7-12H,6H2,1-5H3. The van der Waals surface area contributed by atoms with Crippen LogP contribution < -0.4 is 5.32 Å². The molecule has 0 aromatic rings. The van der Waals surface area contributed by atoms with Crippen molar-refractivity contribution in [3.63, 3.8) is 0 Å². The van der Waals surface area contributed by atoms with Crippen LogP contribution in [0.2, 0.25) is 0 Å². The lowest BCUT2D eigenvalue weighted by molar-refractivity contribution is -0.131. The van der Waals surface area contributed by atoms with Crippen LogP contribution in [0.3, 0.4) is 0 Å². The van der Waals surface area contributed by atoms with Gasteiger partial charge in [0, 0.05) is 6.04 Å². The molecule has 2 N–H and O–H groups in total. The molecule has 0 bridgehead atoms. The summed E-state index contributed by atoms with van der Waals surface area (Å²) in [6.07, 6.45) is 0.282. The summed E-state index contributed by atoms with van der Waals surface area (Å²) >= 11 is 0. The van der Waals surface area contributed by atoms with E-state index in [4.69, 9.17) is 9.84 Å². The highest BCUT2D eigenvalue weighted by atomic mass is 16.6. The van der Waals surface area contributed by atoms with E-state index in [1.807, 2.05) is 6.92 Å². The Labute approximate surface area is 81.5 Å². The molecule has 80 valence electrons. The maximum Gasteiger partial charge on any atom is 0.153 e. The third-order valence-corrected chi connectivity index (χ3v) is 2.09. The van der Waals surface area contributed by atoms with Crippen molar-refractivity contribution >= 4 is 0 Å². The molecule has 0 aromatic carbocycles. The van der Waals surface area contributed by atoms with Crippen LogP contribution in [0.1, 0.15) is 41.0 Å². The summed E-state index contributed by atoms with van der Waals surface area (Å²) in [6.45, 7) is 10.0. The number of aliphatic hydroxyl groups excluding tert-OH is 1. The molecule has 0 aliphatic carbocycles. The molecule has 13 heavy (non-hydrogen) atoms. The first-order valence-electron chi connectivity index (χ1n) is 5.07. The molecular weight excluding hydrogens is 166 g/mol. The van der Waals surface area contributed by atoms with Crippen LogP contribution >= 0.6 is 0 Å². The zero-order valence-electron chi connectivity index (χ0n) is 9.37. The molecule has 0 saturated heterocycles. The van der Waals surface area contributed by atoms with E-state index in [2.05, 4.69) is 26.1 Å². The molecule has 0 fully saturated rings. The largest absolute Gasteiger partial charge is 0.368 e. The van der Waals surface area contributed by atoms with Crippen molar-refractivity contribution in [1.29, 1.82) is 0 Å². The Balaban J connectivity index is 3.79. The van der Waals surface area contributed by atoms with Crippen LogP contribution in [0.4, 0.5) is 0 Å². The van der Waals surface area contributed by atoms with Crippen molar-refractivity contribution in [2.75, 3.05) is 0 Å². The zero-order chi connectivity index (χ0) is 10.4. The number of ether oxygens (including phenoxy) is 1. The topological polar surface area (TPSA) is 41.5 Å². The molecule has 3 nitrogen and oxygen atoms in total. The van der Waals surface area contributed by atoms with Crippen molar-refractivity contribution in [2.45, 2.75) is 59.6 Å².